The van der Waals surface area contributed by atoms with Crippen molar-refractivity contribution in [2.45, 2.75) is 45.2 Å². The lowest BCUT2D eigenvalue weighted by molar-refractivity contribution is -0.138. The van der Waals surface area contributed by atoms with Gasteiger partial charge in [0, 0.05) is 38.3 Å². The Kier molecular flexibility index (Phi) is 4.55. The third-order valence-electron chi connectivity index (χ3n) is 4.79. The summed E-state index contributed by atoms with van der Waals surface area (Å²) in [7, 11) is 0. The molecule has 0 aliphatic carbocycles. The molecule has 1 aromatic carbocycles. The molecule has 2 heterocycles. The van der Waals surface area contributed by atoms with Gasteiger partial charge in [0.25, 0.3) is 5.91 Å². The fraction of sp³-hybridized carbons (Fsp3) is 0.588. The van der Waals surface area contributed by atoms with E-state index in [4.69, 9.17) is 0 Å². The number of hydrogen-bond acceptors (Lipinski definition) is 2. The summed E-state index contributed by atoms with van der Waals surface area (Å²) < 4.78 is 53.5. The van der Waals surface area contributed by atoms with Gasteiger partial charge in [-0.15, -0.1) is 0 Å². The summed E-state index contributed by atoms with van der Waals surface area (Å²) in [4.78, 5) is 15.6. The Labute approximate surface area is 138 Å². The Morgan fingerprint density at radius 1 is 1.21 bits per heavy atom. The van der Waals surface area contributed by atoms with Crippen molar-refractivity contribution in [3.63, 3.8) is 0 Å². The molecule has 0 spiro atoms. The molecule has 132 valence electrons. The second-order valence-corrected chi connectivity index (χ2v) is 6.44. The summed E-state index contributed by atoms with van der Waals surface area (Å²) in [6.07, 6.45) is -4.51. The summed E-state index contributed by atoms with van der Waals surface area (Å²) >= 11 is 0. The molecule has 0 unspecified atom stereocenters. The van der Waals surface area contributed by atoms with E-state index in [1.165, 1.54) is 4.90 Å². The molecule has 2 aliphatic rings. The Morgan fingerprint density at radius 3 is 2.46 bits per heavy atom. The lowest BCUT2D eigenvalue weighted by Gasteiger charge is -2.28. The van der Waals surface area contributed by atoms with Crippen LogP contribution >= 0.6 is 0 Å². The lowest BCUT2D eigenvalue weighted by Crippen LogP contribution is -2.34. The third kappa shape index (κ3) is 3.27. The van der Waals surface area contributed by atoms with Crippen LogP contribution in [0, 0.1) is 0 Å². The number of carbonyl (C=O) groups excluding carboxylic acids is 1. The minimum atomic E-state index is -4.49. The molecule has 0 N–H and O–H groups in total. The molecule has 0 radical (unpaired) electrons. The van der Waals surface area contributed by atoms with Crippen molar-refractivity contribution in [1.29, 1.82) is 0 Å². The van der Waals surface area contributed by atoms with Crippen molar-refractivity contribution in [3.05, 3.63) is 34.4 Å². The monoisotopic (exact) mass is 344 g/mol. The summed E-state index contributed by atoms with van der Waals surface area (Å²) in [6, 6.07) is 2.72. The predicted octanol–water partition coefficient (Wildman–Crippen LogP) is 3.62. The molecule has 1 saturated heterocycles. The Hall–Kier alpha value is -1.63. The van der Waals surface area contributed by atoms with Gasteiger partial charge in [0.2, 0.25) is 0 Å². The molecule has 24 heavy (non-hydrogen) atoms. The molecule has 0 bridgehead atoms. The predicted molar refractivity (Wildman–Crippen MR) is 81.3 cm³/mol. The van der Waals surface area contributed by atoms with Crippen LogP contribution in [-0.2, 0) is 19.3 Å². The van der Waals surface area contributed by atoms with Gasteiger partial charge in [-0.05, 0) is 43.0 Å². The average molecular weight is 344 g/mol. The van der Waals surface area contributed by atoms with Crippen molar-refractivity contribution in [2.24, 2.45) is 0 Å². The van der Waals surface area contributed by atoms with Gasteiger partial charge in [-0.2, -0.15) is 13.2 Å². The highest BCUT2D eigenvalue weighted by Gasteiger charge is 2.39. The van der Waals surface area contributed by atoms with E-state index in [2.05, 4.69) is 0 Å². The molecule has 1 aromatic rings. The molecular formula is C17H20F4N2O. The molecule has 3 nitrogen and oxygen atoms in total. The number of rotatable bonds is 3. The molecule has 7 heteroatoms. The van der Waals surface area contributed by atoms with Crippen molar-refractivity contribution in [1.82, 2.24) is 9.80 Å². The number of benzene rings is 1. The van der Waals surface area contributed by atoms with Gasteiger partial charge in [0.15, 0.2) is 0 Å². The van der Waals surface area contributed by atoms with E-state index in [9.17, 15) is 22.4 Å². The first-order chi connectivity index (χ1) is 11.3. The number of halogens is 4. The average Bonchev–Trinajstić information content (AvgIpc) is 2.84. The molecular weight excluding hydrogens is 324 g/mol. The standard InChI is InChI=1S/C17H20F4N2O/c1-2-23-10-14-13(16(23)24)7-11(8-15(14)17(19,20)21)9-22-5-3-12(18)4-6-22/h7-8,12H,2-6,9-10H2,1H3. The zero-order valence-corrected chi connectivity index (χ0v) is 13.5. The summed E-state index contributed by atoms with van der Waals surface area (Å²) in [6.45, 7) is 3.49. The Morgan fingerprint density at radius 2 is 1.88 bits per heavy atom. The maximum Gasteiger partial charge on any atom is 0.416 e. The second kappa shape index (κ2) is 6.35. The van der Waals surface area contributed by atoms with E-state index in [-0.39, 0.29) is 23.6 Å². The molecule has 2 aliphatic heterocycles. The zero-order chi connectivity index (χ0) is 17.5. The topological polar surface area (TPSA) is 23.6 Å². The van der Waals surface area contributed by atoms with Gasteiger partial charge >= 0.3 is 6.18 Å². The highest BCUT2D eigenvalue weighted by molar-refractivity contribution is 5.99. The normalized spacial score (nSPS) is 19.9. The van der Waals surface area contributed by atoms with Crippen molar-refractivity contribution >= 4 is 5.91 Å². The quantitative estimate of drug-likeness (QED) is 0.782. The smallest absolute Gasteiger partial charge is 0.335 e. The van der Waals surface area contributed by atoms with Crippen molar-refractivity contribution in [2.75, 3.05) is 19.6 Å². The molecule has 3 rings (SSSR count). The van der Waals surface area contributed by atoms with Crippen LogP contribution in [0.2, 0.25) is 0 Å². The van der Waals surface area contributed by atoms with Crippen LogP contribution in [0.3, 0.4) is 0 Å². The van der Waals surface area contributed by atoms with E-state index >= 15 is 0 Å². The van der Waals surface area contributed by atoms with E-state index < -0.39 is 17.9 Å². The van der Waals surface area contributed by atoms with Gasteiger partial charge < -0.3 is 4.90 Å². The summed E-state index contributed by atoms with van der Waals surface area (Å²) in [5, 5.41) is 0. The number of amides is 1. The van der Waals surface area contributed by atoms with E-state index in [0.717, 1.165) is 6.07 Å². The number of nitrogens with zero attached hydrogens (tertiary/aromatic N) is 2. The largest absolute Gasteiger partial charge is 0.416 e. The maximum atomic E-state index is 13.4. The number of hydrogen-bond donors (Lipinski definition) is 0. The zero-order valence-electron chi connectivity index (χ0n) is 13.5. The van der Waals surface area contributed by atoms with Gasteiger partial charge in [0.1, 0.15) is 6.17 Å². The fourth-order valence-corrected chi connectivity index (χ4v) is 3.44. The summed E-state index contributed by atoms with van der Waals surface area (Å²) in [5.74, 6) is -0.345. The van der Waals surface area contributed by atoms with Crippen LogP contribution in [0.25, 0.3) is 0 Å². The van der Waals surface area contributed by atoms with Gasteiger partial charge in [-0.25, -0.2) is 4.39 Å². The maximum absolute atomic E-state index is 13.4. The van der Waals surface area contributed by atoms with Gasteiger partial charge in [0.05, 0.1) is 5.56 Å². The number of likely N-dealkylation sites (tertiary alicyclic amines) is 1. The van der Waals surface area contributed by atoms with Crippen molar-refractivity contribution < 1.29 is 22.4 Å². The highest BCUT2D eigenvalue weighted by Crippen LogP contribution is 2.38. The lowest BCUT2D eigenvalue weighted by atomic mass is 9.98. The number of fused-ring (bicyclic) bond motifs is 1. The van der Waals surface area contributed by atoms with Crippen LogP contribution in [0.4, 0.5) is 17.6 Å². The van der Waals surface area contributed by atoms with Crippen LogP contribution in [0.15, 0.2) is 12.1 Å². The number of alkyl halides is 4. The van der Waals surface area contributed by atoms with Crippen LogP contribution in [0.1, 0.15) is 46.8 Å². The minimum absolute atomic E-state index is 0.00698. The summed E-state index contributed by atoms with van der Waals surface area (Å²) in [5.41, 5.74) is -0.0352. The van der Waals surface area contributed by atoms with E-state index in [1.807, 2.05) is 4.90 Å². The van der Waals surface area contributed by atoms with Gasteiger partial charge in [-0.3, -0.25) is 9.69 Å². The molecule has 1 amide bonds. The molecule has 0 aromatic heterocycles. The van der Waals surface area contributed by atoms with Gasteiger partial charge in [-0.1, -0.05) is 0 Å². The first-order valence-corrected chi connectivity index (χ1v) is 8.18. The Bertz CT molecular complexity index is 636. The fourth-order valence-electron chi connectivity index (χ4n) is 3.44. The van der Waals surface area contributed by atoms with Crippen molar-refractivity contribution in [3.8, 4) is 0 Å². The SMILES string of the molecule is CCN1Cc2c(cc(CN3CCC(F)CC3)cc2C(F)(F)F)C1=O. The second-order valence-electron chi connectivity index (χ2n) is 6.44. The minimum Gasteiger partial charge on any atom is -0.335 e. The van der Waals surface area contributed by atoms with Crippen LogP contribution < -0.4 is 0 Å². The highest BCUT2D eigenvalue weighted by atomic mass is 19.4. The first kappa shape index (κ1) is 17.2. The number of piperidine rings is 1. The number of carbonyl (C=O) groups is 1. The van der Waals surface area contributed by atoms with Crippen LogP contribution in [-0.4, -0.2) is 41.5 Å². The van der Waals surface area contributed by atoms with E-state index in [1.54, 1.807) is 13.0 Å². The first-order valence-electron chi connectivity index (χ1n) is 8.18. The van der Waals surface area contributed by atoms with Crippen LogP contribution in [0.5, 0.6) is 0 Å². The third-order valence-corrected chi connectivity index (χ3v) is 4.79. The molecule has 1 fully saturated rings. The molecule has 0 saturated carbocycles. The Balaban J connectivity index is 1.92. The molecule has 0 atom stereocenters. The van der Waals surface area contributed by atoms with E-state index in [0.29, 0.717) is 44.6 Å².